The van der Waals surface area contributed by atoms with E-state index in [0.29, 0.717) is 5.56 Å². The van der Waals surface area contributed by atoms with Gasteiger partial charge < -0.3 is 4.74 Å². The molecular formula is C13H10FNO2. The molecule has 0 radical (unpaired) electrons. The smallest absolute Gasteiger partial charge is 0.219 e. The number of hydrogen-bond donors (Lipinski definition) is 0. The Morgan fingerprint density at radius 2 is 2.00 bits per heavy atom. The van der Waals surface area contributed by atoms with Crippen molar-refractivity contribution in [1.29, 1.82) is 0 Å². The summed E-state index contributed by atoms with van der Waals surface area (Å²) in [6.07, 6.45) is 1.40. The van der Waals surface area contributed by atoms with Crippen molar-refractivity contribution in [2.75, 3.05) is 0 Å². The number of halogens is 1. The van der Waals surface area contributed by atoms with Crippen LogP contribution in [0.1, 0.15) is 17.3 Å². The maximum Gasteiger partial charge on any atom is 0.219 e. The fourth-order valence-electron chi connectivity index (χ4n) is 1.29. The van der Waals surface area contributed by atoms with Crippen LogP contribution in [0.25, 0.3) is 0 Å². The second-order valence-electron chi connectivity index (χ2n) is 3.47. The van der Waals surface area contributed by atoms with Gasteiger partial charge in [-0.25, -0.2) is 9.37 Å². The number of pyridine rings is 1. The molecule has 1 aromatic heterocycles. The van der Waals surface area contributed by atoms with Gasteiger partial charge in [0.15, 0.2) is 17.3 Å². The second kappa shape index (κ2) is 4.74. The van der Waals surface area contributed by atoms with E-state index in [4.69, 9.17) is 4.74 Å². The third-order valence-electron chi connectivity index (χ3n) is 2.19. The van der Waals surface area contributed by atoms with E-state index in [0.717, 1.165) is 0 Å². The van der Waals surface area contributed by atoms with Gasteiger partial charge in [-0.1, -0.05) is 12.1 Å². The maximum atomic E-state index is 13.3. The first kappa shape index (κ1) is 11.3. The number of benzene rings is 1. The Labute approximate surface area is 97.9 Å². The van der Waals surface area contributed by atoms with E-state index in [2.05, 4.69) is 4.98 Å². The molecule has 0 amide bonds. The van der Waals surface area contributed by atoms with Gasteiger partial charge in [0.1, 0.15) is 0 Å². The van der Waals surface area contributed by atoms with Gasteiger partial charge in [0, 0.05) is 17.8 Å². The van der Waals surface area contributed by atoms with Gasteiger partial charge in [-0.05, 0) is 25.1 Å². The Hall–Kier alpha value is -2.23. The molecule has 0 atom stereocenters. The molecule has 0 aliphatic rings. The molecule has 1 aromatic carbocycles. The molecule has 0 aliphatic carbocycles. The summed E-state index contributed by atoms with van der Waals surface area (Å²) >= 11 is 0. The van der Waals surface area contributed by atoms with E-state index in [1.807, 2.05) is 0 Å². The van der Waals surface area contributed by atoms with Crippen LogP contribution in [0.3, 0.4) is 0 Å². The van der Waals surface area contributed by atoms with Crippen molar-refractivity contribution in [3.05, 3.63) is 54.0 Å². The van der Waals surface area contributed by atoms with Crippen molar-refractivity contribution in [2.45, 2.75) is 6.92 Å². The molecule has 2 aromatic rings. The quantitative estimate of drug-likeness (QED) is 0.761. The van der Waals surface area contributed by atoms with Crippen molar-refractivity contribution in [3.63, 3.8) is 0 Å². The zero-order chi connectivity index (χ0) is 12.3. The first-order valence-corrected chi connectivity index (χ1v) is 5.06. The van der Waals surface area contributed by atoms with Gasteiger partial charge in [0.2, 0.25) is 5.88 Å². The van der Waals surface area contributed by atoms with E-state index in [9.17, 15) is 9.18 Å². The molecular weight excluding hydrogens is 221 g/mol. The Balaban J connectivity index is 2.20. The summed E-state index contributed by atoms with van der Waals surface area (Å²) in [5, 5.41) is 0. The summed E-state index contributed by atoms with van der Waals surface area (Å²) < 4.78 is 18.5. The van der Waals surface area contributed by atoms with Crippen LogP contribution in [0.4, 0.5) is 4.39 Å². The maximum absolute atomic E-state index is 13.3. The van der Waals surface area contributed by atoms with Crippen LogP contribution in [0.15, 0.2) is 42.6 Å². The number of hydrogen-bond acceptors (Lipinski definition) is 3. The predicted octanol–water partition coefficient (Wildman–Crippen LogP) is 3.22. The molecule has 0 saturated carbocycles. The molecule has 17 heavy (non-hydrogen) atoms. The number of ether oxygens (including phenoxy) is 1. The summed E-state index contributed by atoms with van der Waals surface area (Å²) in [4.78, 5) is 15.0. The highest BCUT2D eigenvalue weighted by Crippen LogP contribution is 2.22. The molecule has 0 fully saturated rings. The fraction of sp³-hybridized carbons (Fsp3) is 0.0769. The largest absolute Gasteiger partial charge is 0.436 e. The van der Waals surface area contributed by atoms with E-state index < -0.39 is 5.82 Å². The molecule has 0 spiro atoms. The molecule has 86 valence electrons. The highest BCUT2D eigenvalue weighted by Gasteiger charge is 2.05. The number of rotatable bonds is 3. The third kappa shape index (κ3) is 2.66. The van der Waals surface area contributed by atoms with Crippen LogP contribution < -0.4 is 4.74 Å². The first-order valence-electron chi connectivity index (χ1n) is 5.06. The van der Waals surface area contributed by atoms with Crippen LogP contribution in [-0.4, -0.2) is 10.8 Å². The molecule has 4 heteroatoms. The van der Waals surface area contributed by atoms with Crippen molar-refractivity contribution in [3.8, 4) is 11.6 Å². The first-order chi connectivity index (χ1) is 8.16. The van der Waals surface area contributed by atoms with Crippen molar-refractivity contribution < 1.29 is 13.9 Å². The van der Waals surface area contributed by atoms with Gasteiger partial charge in [-0.15, -0.1) is 0 Å². The van der Waals surface area contributed by atoms with Crippen LogP contribution >= 0.6 is 0 Å². The average molecular weight is 231 g/mol. The number of aromatic nitrogens is 1. The highest BCUT2D eigenvalue weighted by molar-refractivity contribution is 5.93. The lowest BCUT2D eigenvalue weighted by Gasteiger charge is -2.05. The van der Waals surface area contributed by atoms with Gasteiger partial charge >= 0.3 is 0 Å². The number of ketones is 1. The normalized spacial score (nSPS) is 10.0. The van der Waals surface area contributed by atoms with Crippen LogP contribution in [0.5, 0.6) is 11.6 Å². The minimum absolute atomic E-state index is 0.0741. The number of carbonyl (C=O) groups excluding carboxylic acids is 1. The molecule has 3 nitrogen and oxygen atoms in total. The van der Waals surface area contributed by atoms with Crippen molar-refractivity contribution in [1.82, 2.24) is 4.98 Å². The Kier molecular flexibility index (Phi) is 3.14. The zero-order valence-electron chi connectivity index (χ0n) is 9.18. The Morgan fingerprint density at radius 3 is 2.59 bits per heavy atom. The van der Waals surface area contributed by atoms with Crippen molar-refractivity contribution in [2.24, 2.45) is 0 Å². The number of para-hydroxylation sites is 1. The number of carbonyl (C=O) groups is 1. The SMILES string of the molecule is CC(=O)c1ccc(Oc2ccccc2F)nc1. The Morgan fingerprint density at radius 1 is 1.24 bits per heavy atom. The molecule has 1 heterocycles. The molecule has 0 saturated heterocycles. The third-order valence-corrected chi connectivity index (χ3v) is 2.19. The van der Waals surface area contributed by atoms with E-state index in [1.54, 1.807) is 18.2 Å². The summed E-state index contributed by atoms with van der Waals surface area (Å²) in [5.41, 5.74) is 0.492. The monoisotopic (exact) mass is 231 g/mol. The van der Waals surface area contributed by atoms with Gasteiger partial charge in [-0.3, -0.25) is 4.79 Å². The number of nitrogens with zero attached hydrogens (tertiary/aromatic N) is 1. The summed E-state index contributed by atoms with van der Waals surface area (Å²) in [6.45, 7) is 1.45. The molecule has 2 rings (SSSR count). The van der Waals surface area contributed by atoms with Crippen molar-refractivity contribution >= 4 is 5.78 Å². The zero-order valence-corrected chi connectivity index (χ0v) is 9.18. The molecule has 0 N–H and O–H groups in total. The molecule has 0 unspecified atom stereocenters. The average Bonchev–Trinajstić information content (AvgIpc) is 2.33. The van der Waals surface area contributed by atoms with Crippen LogP contribution in [-0.2, 0) is 0 Å². The van der Waals surface area contributed by atoms with E-state index >= 15 is 0 Å². The lowest BCUT2D eigenvalue weighted by atomic mass is 10.2. The lowest BCUT2D eigenvalue weighted by molar-refractivity contribution is 0.101. The highest BCUT2D eigenvalue weighted by atomic mass is 19.1. The van der Waals surface area contributed by atoms with Crippen LogP contribution in [0.2, 0.25) is 0 Å². The van der Waals surface area contributed by atoms with Crippen LogP contribution in [0, 0.1) is 5.82 Å². The predicted molar refractivity (Wildman–Crippen MR) is 60.7 cm³/mol. The summed E-state index contributed by atoms with van der Waals surface area (Å²) in [7, 11) is 0. The lowest BCUT2D eigenvalue weighted by Crippen LogP contribution is -1.95. The fourth-order valence-corrected chi connectivity index (χ4v) is 1.29. The van der Waals surface area contributed by atoms with Gasteiger partial charge in [-0.2, -0.15) is 0 Å². The van der Waals surface area contributed by atoms with E-state index in [-0.39, 0.29) is 17.4 Å². The summed E-state index contributed by atoms with van der Waals surface area (Å²) in [5.74, 6) is -0.171. The Bertz CT molecular complexity index is 537. The molecule has 0 bridgehead atoms. The standard InChI is InChI=1S/C13H10FNO2/c1-9(16)10-6-7-13(15-8-10)17-12-5-3-2-4-11(12)14/h2-8H,1H3. The number of Topliss-reactive ketones (excluding diaryl/α,β-unsaturated/α-hetero) is 1. The molecule has 0 aliphatic heterocycles. The minimum atomic E-state index is -0.454. The minimum Gasteiger partial charge on any atom is -0.436 e. The van der Waals surface area contributed by atoms with E-state index in [1.165, 1.54) is 31.3 Å². The van der Waals surface area contributed by atoms with Gasteiger partial charge in [0.05, 0.1) is 0 Å². The second-order valence-corrected chi connectivity index (χ2v) is 3.47. The topological polar surface area (TPSA) is 39.2 Å². The summed E-state index contributed by atoms with van der Waals surface area (Å²) in [6, 6.07) is 9.18. The van der Waals surface area contributed by atoms with Gasteiger partial charge in [0.25, 0.3) is 0 Å².